The van der Waals surface area contributed by atoms with Crippen LogP contribution in [-0.2, 0) is 4.79 Å². The molecule has 0 aliphatic carbocycles. The van der Waals surface area contributed by atoms with Gasteiger partial charge in [-0.25, -0.2) is 0 Å². The van der Waals surface area contributed by atoms with E-state index in [1.807, 2.05) is 0 Å². The number of hydrogen-bond acceptors (Lipinski definition) is 1. The van der Waals surface area contributed by atoms with E-state index >= 15 is 0 Å². The molecule has 0 aromatic heterocycles. The summed E-state index contributed by atoms with van der Waals surface area (Å²) < 4.78 is 0. The van der Waals surface area contributed by atoms with E-state index in [9.17, 15) is 4.79 Å². The molecule has 0 bridgehead atoms. The van der Waals surface area contributed by atoms with Gasteiger partial charge in [0.15, 0.2) is 5.78 Å². The van der Waals surface area contributed by atoms with Crippen LogP contribution in [0.4, 0.5) is 0 Å². The van der Waals surface area contributed by atoms with Crippen molar-refractivity contribution in [3.8, 4) is 0 Å². The fraction of sp³-hybridized carbons (Fsp3) is 0.500. The highest BCUT2D eigenvalue weighted by Gasteiger charge is 2.18. The smallest absolute Gasteiger partial charge is 0.165 e. The first-order valence-corrected chi connectivity index (χ1v) is 5.70. The molecule has 0 fully saturated rings. The second kappa shape index (κ2) is 8.22. The van der Waals surface area contributed by atoms with Crippen LogP contribution in [0.25, 0.3) is 0 Å². The highest BCUT2D eigenvalue weighted by Crippen LogP contribution is 2.19. The Labute approximate surface area is 93.6 Å². The number of hydrogen-bond donors (Lipinski definition) is 0. The van der Waals surface area contributed by atoms with Crippen molar-refractivity contribution < 1.29 is 4.79 Å². The van der Waals surface area contributed by atoms with Crippen LogP contribution in [0, 0.1) is 5.92 Å². The van der Waals surface area contributed by atoms with Crippen molar-refractivity contribution >= 4 is 5.78 Å². The lowest BCUT2D eigenvalue weighted by atomic mass is 9.89. The van der Waals surface area contributed by atoms with Gasteiger partial charge >= 0.3 is 0 Å². The lowest BCUT2D eigenvalue weighted by molar-refractivity contribution is -0.119. The van der Waals surface area contributed by atoms with Gasteiger partial charge < -0.3 is 0 Å². The van der Waals surface area contributed by atoms with Gasteiger partial charge in [-0.15, -0.1) is 0 Å². The summed E-state index contributed by atoms with van der Waals surface area (Å²) in [6, 6.07) is 0. The van der Waals surface area contributed by atoms with Crippen molar-refractivity contribution in [1.82, 2.24) is 0 Å². The molecule has 0 saturated carbocycles. The number of allylic oxidation sites excluding steroid dienone is 4. The minimum absolute atomic E-state index is 0.157. The molecule has 0 saturated heterocycles. The molecule has 0 aliphatic heterocycles. The lowest BCUT2D eigenvalue weighted by Gasteiger charge is -2.14. The van der Waals surface area contributed by atoms with E-state index in [4.69, 9.17) is 0 Å². The van der Waals surface area contributed by atoms with Crippen LogP contribution in [0.5, 0.6) is 0 Å². The summed E-state index contributed by atoms with van der Waals surface area (Å²) in [7, 11) is 0. The Kier molecular flexibility index (Phi) is 7.61. The topological polar surface area (TPSA) is 17.1 Å². The van der Waals surface area contributed by atoms with E-state index in [0.29, 0.717) is 5.57 Å². The highest BCUT2D eigenvalue weighted by atomic mass is 16.1. The molecule has 0 aromatic carbocycles. The molecule has 0 rings (SSSR count). The molecule has 0 N–H and O–H groups in total. The molecule has 0 aromatic rings. The molecule has 1 heteroatoms. The van der Waals surface area contributed by atoms with Crippen LogP contribution < -0.4 is 0 Å². The highest BCUT2D eigenvalue weighted by molar-refractivity contribution is 5.99. The average Bonchev–Trinajstić information content (AvgIpc) is 2.24. The normalized spacial score (nSPS) is 11.5. The molecule has 0 spiro atoms. The second-order valence-corrected chi connectivity index (χ2v) is 3.70. The fourth-order valence-electron chi connectivity index (χ4n) is 1.72. The first kappa shape index (κ1) is 13.9. The molecular formula is C14H22O. The molecule has 15 heavy (non-hydrogen) atoms. The quantitative estimate of drug-likeness (QED) is 0.432. The largest absolute Gasteiger partial charge is 0.294 e. The van der Waals surface area contributed by atoms with E-state index in [1.54, 1.807) is 18.2 Å². The fourth-order valence-corrected chi connectivity index (χ4v) is 1.72. The maximum absolute atomic E-state index is 12.1. The van der Waals surface area contributed by atoms with Gasteiger partial charge in [-0.1, -0.05) is 58.1 Å². The summed E-state index contributed by atoms with van der Waals surface area (Å²) in [4.78, 5) is 12.1. The van der Waals surface area contributed by atoms with Crippen LogP contribution in [0.1, 0.15) is 39.5 Å². The van der Waals surface area contributed by atoms with E-state index in [-0.39, 0.29) is 11.7 Å². The Balaban J connectivity index is 4.65. The number of Topliss-reactive ketones (excluding diaryl/α,β-unsaturated/α-hetero) is 1. The van der Waals surface area contributed by atoms with Gasteiger partial charge in [0.2, 0.25) is 0 Å². The van der Waals surface area contributed by atoms with Crippen molar-refractivity contribution in [3.05, 3.63) is 37.0 Å². The lowest BCUT2D eigenvalue weighted by Crippen LogP contribution is -2.15. The Morgan fingerprint density at radius 2 is 1.73 bits per heavy atom. The van der Waals surface area contributed by atoms with Crippen molar-refractivity contribution in [2.75, 3.05) is 0 Å². The molecule has 0 aliphatic rings. The Morgan fingerprint density at radius 1 is 1.20 bits per heavy atom. The summed E-state index contributed by atoms with van der Waals surface area (Å²) in [6.45, 7) is 11.5. The van der Waals surface area contributed by atoms with Crippen LogP contribution in [-0.4, -0.2) is 5.78 Å². The zero-order valence-corrected chi connectivity index (χ0v) is 9.96. The Morgan fingerprint density at radius 3 is 2.07 bits per heavy atom. The van der Waals surface area contributed by atoms with Gasteiger partial charge in [0.1, 0.15) is 0 Å². The standard InChI is InChI=1S/C14H22O/c1-5-9-12(8-4)14(15)13(10-6-2)11-7-3/h5,8-9,13H,1,4,6-7,10-11H2,2-3H3. The molecule has 0 amide bonds. The molecule has 0 unspecified atom stereocenters. The summed E-state index contributed by atoms with van der Waals surface area (Å²) >= 11 is 0. The first-order valence-electron chi connectivity index (χ1n) is 5.70. The average molecular weight is 206 g/mol. The minimum atomic E-state index is 0.157. The van der Waals surface area contributed by atoms with Gasteiger partial charge in [-0.2, -0.15) is 0 Å². The van der Waals surface area contributed by atoms with Gasteiger partial charge in [0.05, 0.1) is 0 Å². The number of carbonyl (C=O) groups is 1. The van der Waals surface area contributed by atoms with Crippen molar-refractivity contribution in [1.29, 1.82) is 0 Å². The van der Waals surface area contributed by atoms with E-state index in [0.717, 1.165) is 25.7 Å². The van der Waals surface area contributed by atoms with E-state index < -0.39 is 0 Å². The van der Waals surface area contributed by atoms with Crippen LogP contribution in [0.2, 0.25) is 0 Å². The summed E-state index contributed by atoms with van der Waals surface area (Å²) in [5, 5.41) is 0. The van der Waals surface area contributed by atoms with Gasteiger partial charge in [0, 0.05) is 11.5 Å². The molecule has 1 nitrogen and oxygen atoms in total. The predicted octanol–water partition coefficient (Wildman–Crippen LogP) is 4.07. The number of ketones is 1. The maximum atomic E-state index is 12.1. The van der Waals surface area contributed by atoms with Crippen molar-refractivity contribution in [2.45, 2.75) is 39.5 Å². The Bertz CT molecular complexity index is 242. The number of carbonyl (C=O) groups excluding carboxylic acids is 1. The zero-order chi connectivity index (χ0) is 11.7. The minimum Gasteiger partial charge on any atom is -0.294 e. The summed E-state index contributed by atoms with van der Waals surface area (Å²) in [5.41, 5.74) is 0.692. The zero-order valence-electron chi connectivity index (χ0n) is 9.96. The second-order valence-electron chi connectivity index (χ2n) is 3.70. The van der Waals surface area contributed by atoms with E-state index in [1.165, 1.54) is 0 Å². The van der Waals surface area contributed by atoms with Gasteiger partial charge in [-0.05, 0) is 12.8 Å². The monoisotopic (exact) mass is 206 g/mol. The molecular weight excluding hydrogens is 184 g/mol. The third-order valence-electron chi connectivity index (χ3n) is 2.45. The summed E-state index contributed by atoms with van der Waals surface area (Å²) in [6.07, 6.45) is 9.05. The van der Waals surface area contributed by atoms with Gasteiger partial charge in [0.25, 0.3) is 0 Å². The summed E-state index contributed by atoms with van der Waals surface area (Å²) in [5.74, 6) is 0.373. The van der Waals surface area contributed by atoms with Crippen LogP contribution >= 0.6 is 0 Å². The van der Waals surface area contributed by atoms with Crippen LogP contribution in [0.3, 0.4) is 0 Å². The Hall–Kier alpha value is -1.11. The maximum Gasteiger partial charge on any atom is 0.165 e. The molecule has 0 radical (unpaired) electrons. The molecule has 0 heterocycles. The van der Waals surface area contributed by atoms with Crippen molar-refractivity contribution in [2.24, 2.45) is 5.92 Å². The van der Waals surface area contributed by atoms with Crippen molar-refractivity contribution in [3.63, 3.8) is 0 Å². The van der Waals surface area contributed by atoms with E-state index in [2.05, 4.69) is 27.0 Å². The number of rotatable bonds is 8. The first-order chi connectivity index (χ1) is 7.21. The van der Waals surface area contributed by atoms with Gasteiger partial charge in [-0.3, -0.25) is 4.79 Å². The SMILES string of the molecule is C=CC=C(C=C)C(=O)C(CCC)CCC. The third kappa shape index (κ3) is 4.78. The predicted molar refractivity (Wildman–Crippen MR) is 66.8 cm³/mol. The third-order valence-corrected chi connectivity index (χ3v) is 2.45. The molecule has 84 valence electrons. The van der Waals surface area contributed by atoms with Crippen LogP contribution in [0.15, 0.2) is 37.0 Å². The molecule has 0 atom stereocenters.